The Kier molecular flexibility index (Phi) is 5.75. The number of rotatable bonds is 7. The third-order valence-corrected chi connectivity index (χ3v) is 6.49. The molecule has 0 spiro atoms. The summed E-state index contributed by atoms with van der Waals surface area (Å²) in [5.41, 5.74) is 3.77. The van der Waals surface area contributed by atoms with Gasteiger partial charge in [0.15, 0.2) is 0 Å². The number of hydrogen-bond donors (Lipinski definition) is 1. The largest absolute Gasteiger partial charge is 0.347 e. The van der Waals surface area contributed by atoms with Crippen LogP contribution in [0.4, 0.5) is 0 Å². The van der Waals surface area contributed by atoms with E-state index in [0.717, 1.165) is 34.8 Å². The summed E-state index contributed by atoms with van der Waals surface area (Å²) < 4.78 is 3.97. The highest BCUT2D eigenvalue weighted by molar-refractivity contribution is 6.50. The molecule has 0 aliphatic carbocycles. The number of carbonyl (C=O) groups excluding carboxylic acids is 2. The summed E-state index contributed by atoms with van der Waals surface area (Å²) in [5.74, 6) is -0.827. The van der Waals surface area contributed by atoms with Crippen LogP contribution in [0.2, 0.25) is 5.02 Å². The number of hydrogen-bond acceptors (Lipinski definition) is 4. The molecule has 0 fully saturated rings. The molecule has 0 saturated carbocycles. The first-order valence-electron chi connectivity index (χ1n) is 11.4. The van der Waals surface area contributed by atoms with E-state index >= 15 is 0 Å². The van der Waals surface area contributed by atoms with Crippen molar-refractivity contribution in [3.63, 3.8) is 0 Å². The van der Waals surface area contributed by atoms with Crippen LogP contribution in [0, 0.1) is 0 Å². The van der Waals surface area contributed by atoms with E-state index in [-0.39, 0.29) is 0 Å². The molecule has 7 nitrogen and oxygen atoms in total. The van der Waals surface area contributed by atoms with Crippen molar-refractivity contribution in [1.29, 1.82) is 0 Å². The second-order valence-corrected chi connectivity index (χ2v) is 9.21. The molecule has 0 radical (unpaired) electrons. The molecule has 174 valence electrons. The lowest BCUT2D eigenvalue weighted by Crippen LogP contribution is -2.22. The van der Waals surface area contributed by atoms with Gasteiger partial charge in [0.25, 0.3) is 11.8 Å². The molecular weight excluding hydrogens is 450 g/mol. The predicted molar refractivity (Wildman–Crippen MR) is 135 cm³/mol. The van der Waals surface area contributed by atoms with Crippen LogP contribution in [0.25, 0.3) is 33.0 Å². The third kappa shape index (κ3) is 3.71. The molecule has 2 aromatic heterocycles. The monoisotopic (exact) mass is 475 g/mol. The van der Waals surface area contributed by atoms with Gasteiger partial charge in [0.05, 0.1) is 22.2 Å². The lowest BCUT2D eigenvalue weighted by Gasteiger charge is -2.09. The summed E-state index contributed by atoms with van der Waals surface area (Å²) in [7, 11) is 4.08. The van der Waals surface area contributed by atoms with Crippen molar-refractivity contribution in [2.75, 3.05) is 20.6 Å². The average molecular weight is 476 g/mol. The van der Waals surface area contributed by atoms with Gasteiger partial charge < -0.3 is 9.47 Å². The van der Waals surface area contributed by atoms with Crippen molar-refractivity contribution in [2.45, 2.75) is 26.4 Å². The second kappa shape index (κ2) is 8.74. The van der Waals surface area contributed by atoms with E-state index in [4.69, 9.17) is 16.7 Å². The summed E-state index contributed by atoms with van der Waals surface area (Å²) >= 11 is 6.25. The normalized spacial score (nSPS) is 14.3. The van der Waals surface area contributed by atoms with Crippen molar-refractivity contribution in [3.8, 4) is 0 Å². The van der Waals surface area contributed by atoms with Crippen molar-refractivity contribution in [1.82, 2.24) is 24.6 Å². The van der Waals surface area contributed by atoms with Gasteiger partial charge in [-0.2, -0.15) is 5.10 Å². The topological polar surface area (TPSA) is 72.2 Å². The van der Waals surface area contributed by atoms with Crippen LogP contribution >= 0.6 is 11.6 Å². The highest BCUT2D eigenvalue weighted by atomic mass is 35.5. The Morgan fingerprint density at radius 1 is 1.00 bits per heavy atom. The molecule has 4 aromatic rings. The van der Waals surface area contributed by atoms with Gasteiger partial charge in [-0.25, -0.2) is 0 Å². The molecule has 2 amide bonds. The van der Waals surface area contributed by atoms with Gasteiger partial charge in [-0.1, -0.05) is 35.9 Å². The summed E-state index contributed by atoms with van der Waals surface area (Å²) in [4.78, 5) is 28.4. The van der Waals surface area contributed by atoms with Gasteiger partial charge in [0, 0.05) is 40.6 Å². The zero-order valence-electron chi connectivity index (χ0n) is 19.4. The van der Waals surface area contributed by atoms with Crippen LogP contribution in [0.1, 0.15) is 24.6 Å². The zero-order chi connectivity index (χ0) is 24.0. The maximum absolute atomic E-state index is 13.1. The molecule has 1 N–H and O–H groups in total. The minimum Gasteiger partial charge on any atom is -0.347 e. The van der Waals surface area contributed by atoms with Crippen LogP contribution in [-0.2, 0) is 22.7 Å². The van der Waals surface area contributed by atoms with Crippen LogP contribution < -0.4 is 5.32 Å². The van der Waals surface area contributed by atoms with Gasteiger partial charge >= 0.3 is 0 Å². The SMILES string of the molecule is CCn1cc(C2=C(c3nn(CCCN(C)C)c4ccccc34)C(=O)NC2=O)c2ccc(Cl)cc21. The summed E-state index contributed by atoms with van der Waals surface area (Å²) in [6, 6.07) is 13.4. The number of para-hydroxylation sites is 1. The molecule has 1 aliphatic heterocycles. The highest BCUT2D eigenvalue weighted by Gasteiger charge is 2.36. The number of nitrogens with one attached hydrogen (secondary N) is 1. The molecule has 0 saturated heterocycles. The Hall–Kier alpha value is -3.42. The minimum atomic E-state index is -0.421. The first kappa shape index (κ1) is 22.4. The molecule has 1 aliphatic rings. The molecule has 0 unspecified atom stereocenters. The van der Waals surface area contributed by atoms with E-state index in [1.165, 1.54) is 0 Å². The van der Waals surface area contributed by atoms with Gasteiger partial charge in [-0.15, -0.1) is 0 Å². The van der Waals surface area contributed by atoms with Crippen LogP contribution in [0.15, 0.2) is 48.7 Å². The maximum atomic E-state index is 13.1. The maximum Gasteiger partial charge on any atom is 0.261 e. The highest BCUT2D eigenvalue weighted by Crippen LogP contribution is 2.38. The number of halogens is 1. The van der Waals surface area contributed by atoms with Crippen molar-refractivity contribution < 1.29 is 9.59 Å². The number of amides is 2. The number of carbonyl (C=O) groups is 2. The first-order chi connectivity index (χ1) is 16.4. The Morgan fingerprint density at radius 3 is 2.53 bits per heavy atom. The Bertz CT molecular complexity index is 1480. The van der Waals surface area contributed by atoms with Crippen LogP contribution in [0.5, 0.6) is 0 Å². The second-order valence-electron chi connectivity index (χ2n) is 8.77. The molecule has 0 atom stereocenters. The lowest BCUT2D eigenvalue weighted by atomic mass is 9.97. The van der Waals surface area contributed by atoms with Gasteiger partial charge in [-0.05, 0) is 52.2 Å². The van der Waals surface area contributed by atoms with E-state index in [2.05, 4.69) is 10.2 Å². The summed E-state index contributed by atoms with van der Waals surface area (Å²) in [5, 5.41) is 9.70. The summed E-state index contributed by atoms with van der Waals surface area (Å²) in [6.07, 6.45) is 2.84. The summed E-state index contributed by atoms with van der Waals surface area (Å²) in [6.45, 7) is 4.38. The van der Waals surface area contributed by atoms with E-state index in [1.54, 1.807) is 6.07 Å². The van der Waals surface area contributed by atoms with Crippen molar-refractivity contribution >= 4 is 56.4 Å². The van der Waals surface area contributed by atoms with Gasteiger partial charge in [0.2, 0.25) is 0 Å². The van der Waals surface area contributed by atoms with Crippen LogP contribution in [0.3, 0.4) is 0 Å². The van der Waals surface area contributed by atoms with E-state index in [0.29, 0.717) is 40.5 Å². The van der Waals surface area contributed by atoms with Gasteiger partial charge in [-0.3, -0.25) is 19.6 Å². The van der Waals surface area contributed by atoms with Crippen molar-refractivity contribution in [2.24, 2.45) is 0 Å². The quantitative estimate of drug-likeness (QED) is 0.407. The Labute approximate surface area is 202 Å². The molecule has 5 rings (SSSR count). The molecule has 0 bridgehead atoms. The number of imide groups is 1. The lowest BCUT2D eigenvalue weighted by molar-refractivity contribution is -0.122. The average Bonchev–Trinajstić information content (AvgIpc) is 3.44. The fraction of sp³-hybridized carbons (Fsp3) is 0.269. The minimum absolute atomic E-state index is 0.317. The Morgan fingerprint density at radius 2 is 1.76 bits per heavy atom. The number of fused-ring (bicyclic) bond motifs is 2. The van der Waals surface area contributed by atoms with Crippen LogP contribution in [-0.4, -0.2) is 51.7 Å². The fourth-order valence-corrected chi connectivity index (χ4v) is 4.85. The fourth-order valence-electron chi connectivity index (χ4n) is 4.68. The number of benzene rings is 2. The molecule has 8 heteroatoms. The number of aromatic nitrogens is 3. The zero-order valence-corrected chi connectivity index (χ0v) is 20.2. The standard InChI is InChI=1S/C26H26ClN5O2/c1-4-31-15-19(17-11-10-16(27)14-21(17)31)22-23(26(34)28-25(22)33)24-18-8-5-6-9-20(18)32(29-24)13-7-12-30(2)3/h5-6,8-11,14-15H,4,7,12-13H2,1-3H3,(H,28,33,34). The predicted octanol–water partition coefficient (Wildman–Crippen LogP) is 4.18. The van der Waals surface area contributed by atoms with Gasteiger partial charge in [0.1, 0.15) is 5.69 Å². The third-order valence-electron chi connectivity index (χ3n) is 6.26. The molecule has 3 heterocycles. The Balaban J connectivity index is 1.73. The molecule has 34 heavy (non-hydrogen) atoms. The molecular formula is C26H26ClN5O2. The first-order valence-corrected chi connectivity index (χ1v) is 11.8. The van der Waals surface area contributed by atoms with E-state index in [1.807, 2.05) is 72.9 Å². The van der Waals surface area contributed by atoms with E-state index in [9.17, 15) is 9.59 Å². The smallest absolute Gasteiger partial charge is 0.261 e. The van der Waals surface area contributed by atoms with Crippen molar-refractivity contribution in [3.05, 3.63) is 64.9 Å². The van der Waals surface area contributed by atoms with E-state index < -0.39 is 11.8 Å². The number of nitrogens with zero attached hydrogens (tertiary/aromatic N) is 4. The molecule has 2 aromatic carbocycles. The number of aryl methyl sites for hydroxylation is 2.